The number of anilines is 1. The Morgan fingerprint density at radius 3 is 2.62 bits per heavy atom. The van der Waals surface area contributed by atoms with Crippen molar-refractivity contribution >= 4 is 32.5 Å². The van der Waals surface area contributed by atoms with Crippen molar-refractivity contribution in [3.05, 3.63) is 33.9 Å². The third-order valence-corrected chi connectivity index (χ3v) is 3.15. The standard InChI is InChI=1S/C11H9BrF2N2/c1-2-5-3-8(15)9-10(12)6(13)4-7(14)11(9)16-5/h3-4H,2H2,1H3,(H2,15,16). The van der Waals surface area contributed by atoms with Crippen LogP contribution in [0, 0.1) is 11.6 Å². The molecule has 2 aromatic rings. The van der Waals surface area contributed by atoms with Gasteiger partial charge >= 0.3 is 0 Å². The summed E-state index contributed by atoms with van der Waals surface area (Å²) >= 11 is 3.05. The molecule has 1 aromatic carbocycles. The maximum absolute atomic E-state index is 13.5. The summed E-state index contributed by atoms with van der Waals surface area (Å²) in [5.41, 5.74) is 6.88. The summed E-state index contributed by atoms with van der Waals surface area (Å²) in [6, 6.07) is 2.43. The summed E-state index contributed by atoms with van der Waals surface area (Å²) in [6.45, 7) is 1.89. The predicted molar refractivity (Wildman–Crippen MR) is 63.1 cm³/mol. The van der Waals surface area contributed by atoms with E-state index in [2.05, 4.69) is 20.9 Å². The highest BCUT2D eigenvalue weighted by atomic mass is 79.9. The van der Waals surface area contributed by atoms with Gasteiger partial charge in [-0.25, -0.2) is 13.8 Å². The predicted octanol–water partition coefficient (Wildman–Crippen LogP) is 3.42. The first-order valence-electron chi connectivity index (χ1n) is 4.77. The second-order valence-corrected chi connectivity index (χ2v) is 4.23. The smallest absolute Gasteiger partial charge is 0.152 e. The number of hydrogen-bond acceptors (Lipinski definition) is 2. The molecule has 0 aliphatic heterocycles. The Balaban J connectivity index is 2.94. The largest absolute Gasteiger partial charge is 0.398 e. The number of pyridine rings is 1. The van der Waals surface area contributed by atoms with Gasteiger partial charge in [-0.2, -0.15) is 0 Å². The van der Waals surface area contributed by atoms with Crippen LogP contribution in [-0.2, 0) is 6.42 Å². The van der Waals surface area contributed by atoms with E-state index < -0.39 is 11.6 Å². The van der Waals surface area contributed by atoms with Gasteiger partial charge in [-0.15, -0.1) is 0 Å². The molecule has 0 amide bonds. The minimum absolute atomic E-state index is 0.102. The number of fused-ring (bicyclic) bond motifs is 1. The van der Waals surface area contributed by atoms with Gasteiger partial charge in [-0.05, 0) is 28.4 Å². The molecule has 0 aliphatic rings. The van der Waals surface area contributed by atoms with E-state index in [4.69, 9.17) is 5.73 Å². The monoisotopic (exact) mass is 286 g/mol. The van der Waals surface area contributed by atoms with Crippen LogP contribution < -0.4 is 5.73 Å². The lowest BCUT2D eigenvalue weighted by atomic mass is 10.1. The van der Waals surface area contributed by atoms with Gasteiger partial charge in [-0.3, -0.25) is 0 Å². The van der Waals surface area contributed by atoms with Crippen molar-refractivity contribution in [2.75, 3.05) is 5.73 Å². The highest BCUT2D eigenvalue weighted by Gasteiger charge is 2.14. The molecule has 0 fully saturated rings. The van der Waals surface area contributed by atoms with E-state index in [0.29, 0.717) is 17.8 Å². The second kappa shape index (κ2) is 3.97. The lowest BCUT2D eigenvalue weighted by molar-refractivity contribution is 0.586. The Bertz CT molecular complexity index is 570. The van der Waals surface area contributed by atoms with E-state index in [-0.39, 0.29) is 15.4 Å². The summed E-state index contributed by atoms with van der Waals surface area (Å²) in [7, 11) is 0. The van der Waals surface area contributed by atoms with Gasteiger partial charge in [0.05, 0.1) is 4.47 Å². The van der Waals surface area contributed by atoms with Gasteiger partial charge < -0.3 is 5.73 Å². The molecule has 0 radical (unpaired) electrons. The number of rotatable bonds is 1. The van der Waals surface area contributed by atoms with Crippen molar-refractivity contribution in [1.82, 2.24) is 4.98 Å². The first kappa shape index (κ1) is 11.3. The van der Waals surface area contributed by atoms with Crippen LogP contribution in [0.1, 0.15) is 12.6 Å². The summed E-state index contributed by atoms with van der Waals surface area (Å²) in [5, 5.41) is 0.287. The summed E-state index contributed by atoms with van der Waals surface area (Å²) in [4.78, 5) is 4.10. The molecule has 0 spiro atoms. The zero-order valence-corrected chi connectivity index (χ0v) is 10.1. The van der Waals surface area contributed by atoms with Gasteiger partial charge in [0.1, 0.15) is 11.3 Å². The first-order valence-corrected chi connectivity index (χ1v) is 5.56. The van der Waals surface area contributed by atoms with E-state index in [9.17, 15) is 8.78 Å². The molecule has 1 aromatic heterocycles. The zero-order valence-electron chi connectivity index (χ0n) is 8.52. The molecule has 2 rings (SSSR count). The minimum atomic E-state index is -0.697. The van der Waals surface area contributed by atoms with Crippen LogP contribution in [0.15, 0.2) is 16.6 Å². The van der Waals surface area contributed by atoms with Gasteiger partial charge in [-0.1, -0.05) is 6.92 Å². The molecule has 0 unspecified atom stereocenters. The van der Waals surface area contributed by atoms with Crippen LogP contribution in [-0.4, -0.2) is 4.98 Å². The second-order valence-electron chi connectivity index (χ2n) is 3.43. The van der Waals surface area contributed by atoms with Gasteiger partial charge in [0.25, 0.3) is 0 Å². The highest BCUT2D eigenvalue weighted by molar-refractivity contribution is 9.10. The Labute approximate surface area is 99.6 Å². The lowest BCUT2D eigenvalue weighted by Gasteiger charge is -2.08. The number of nitrogens with zero attached hydrogens (tertiary/aromatic N) is 1. The van der Waals surface area contributed by atoms with Gasteiger partial charge in [0, 0.05) is 22.8 Å². The van der Waals surface area contributed by atoms with Crippen LogP contribution >= 0.6 is 15.9 Å². The molecule has 0 atom stereocenters. The van der Waals surface area contributed by atoms with E-state index in [1.165, 1.54) is 0 Å². The molecule has 1 heterocycles. The lowest BCUT2D eigenvalue weighted by Crippen LogP contribution is -1.98. The van der Waals surface area contributed by atoms with Crippen LogP contribution in [0.4, 0.5) is 14.5 Å². The fourth-order valence-electron chi connectivity index (χ4n) is 1.57. The van der Waals surface area contributed by atoms with Crippen LogP contribution in [0.3, 0.4) is 0 Å². The maximum Gasteiger partial charge on any atom is 0.152 e. The molecule has 16 heavy (non-hydrogen) atoms. The summed E-state index contributed by atoms with van der Waals surface area (Å²) in [5.74, 6) is -1.37. The van der Waals surface area contributed by atoms with Gasteiger partial charge in [0.15, 0.2) is 5.82 Å². The minimum Gasteiger partial charge on any atom is -0.398 e. The fraction of sp³-hybridized carbons (Fsp3) is 0.182. The van der Waals surface area contributed by atoms with Crippen LogP contribution in [0.5, 0.6) is 0 Å². The van der Waals surface area contributed by atoms with Gasteiger partial charge in [0.2, 0.25) is 0 Å². The van der Waals surface area contributed by atoms with Crippen molar-refractivity contribution in [3.8, 4) is 0 Å². The Morgan fingerprint density at radius 2 is 2.00 bits per heavy atom. The number of nitrogen functional groups attached to an aromatic ring is 1. The van der Waals surface area contributed by atoms with Crippen LogP contribution in [0.2, 0.25) is 0 Å². The maximum atomic E-state index is 13.5. The molecule has 0 saturated carbocycles. The average molecular weight is 287 g/mol. The topological polar surface area (TPSA) is 38.9 Å². The Kier molecular flexibility index (Phi) is 2.80. The number of benzene rings is 1. The average Bonchev–Trinajstić information content (AvgIpc) is 2.25. The number of hydrogen-bond donors (Lipinski definition) is 1. The van der Waals surface area contributed by atoms with E-state index in [0.717, 1.165) is 6.07 Å². The molecular formula is C11H9BrF2N2. The number of halogens is 3. The van der Waals surface area contributed by atoms with E-state index in [1.807, 2.05) is 6.92 Å². The van der Waals surface area contributed by atoms with Crippen molar-refractivity contribution in [2.45, 2.75) is 13.3 Å². The van der Waals surface area contributed by atoms with Crippen molar-refractivity contribution < 1.29 is 8.78 Å². The van der Waals surface area contributed by atoms with Crippen LogP contribution in [0.25, 0.3) is 10.9 Å². The highest BCUT2D eigenvalue weighted by Crippen LogP contribution is 2.32. The molecular weight excluding hydrogens is 278 g/mol. The quantitative estimate of drug-likeness (QED) is 0.816. The molecule has 84 valence electrons. The van der Waals surface area contributed by atoms with E-state index in [1.54, 1.807) is 6.07 Å². The van der Waals surface area contributed by atoms with Crippen molar-refractivity contribution in [1.29, 1.82) is 0 Å². The number of aryl methyl sites for hydroxylation is 1. The zero-order chi connectivity index (χ0) is 11.9. The SMILES string of the molecule is CCc1cc(N)c2c(Br)c(F)cc(F)c2n1. The number of nitrogens with two attached hydrogens (primary N) is 1. The van der Waals surface area contributed by atoms with Crippen molar-refractivity contribution in [2.24, 2.45) is 0 Å². The molecule has 2 N–H and O–H groups in total. The Morgan fingerprint density at radius 1 is 1.31 bits per heavy atom. The normalized spacial score (nSPS) is 11.0. The number of aromatic nitrogens is 1. The molecule has 5 heteroatoms. The Hall–Kier alpha value is -1.23. The molecule has 2 nitrogen and oxygen atoms in total. The molecule has 0 bridgehead atoms. The van der Waals surface area contributed by atoms with Crippen molar-refractivity contribution in [3.63, 3.8) is 0 Å². The molecule has 0 saturated heterocycles. The molecule has 0 aliphatic carbocycles. The first-order chi connectivity index (χ1) is 7.54. The third-order valence-electron chi connectivity index (χ3n) is 2.37. The summed E-state index contributed by atoms with van der Waals surface area (Å²) < 4.78 is 27.0. The van der Waals surface area contributed by atoms with E-state index >= 15 is 0 Å². The third kappa shape index (κ3) is 1.65. The fourth-order valence-corrected chi connectivity index (χ4v) is 2.10. The summed E-state index contributed by atoms with van der Waals surface area (Å²) in [6.07, 6.45) is 0.647.